The Kier molecular flexibility index (Phi) is 6.52. The van der Waals surface area contributed by atoms with Crippen molar-refractivity contribution in [1.82, 2.24) is 0 Å². The Morgan fingerprint density at radius 1 is 0.808 bits per heavy atom. The summed E-state index contributed by atoms with van der Waals surface area (Å²) in [7, 11) is 0. The van der Waals surface area contributed by atoms with Gasteiger partial charge in [-0.3, -0.25) is 0 Å². The summed E-state index contributed by atoms with van der Waals surface area (Å²) in [4.78, 5) is 2.25. The molecule has 2 heteroatoms. The normalized spacial score (nSPS) is 11.5. The first-order valence-corrected chi connectivity index (χ1v) is 10.3. The molecule has 0 amide bonds. The topological polar surface area (TPSA) is 3.24 Å². The van der Waals surface area contributed by atoms with Crippen molar-refractivity contribution in [3.63, 3.8) is 0 Å². The molecular formula is C24H21NW. The van der Waals surface area contributed by atoms with Crippen molar-refractivity contribution in [3.8, 4) is 0 Å². The van der Waals surface area contributed by atoms with E-state index >= 15 is 0 Å². The monoisotopic (exact) mass is 507 g/mol. The first-order chi connectivity index (χ1) is 12.8. The Bertz CT molecular complexity index is 911. The van der Waals surface area contributed by atoms with E-state index in [4.69, 9.17) is 0 Å². The molecule has 0 saturated carbocycles. The minimum absolute atomic E-state index is 1.14. The molecule has 128 valence electrons. The van der Waals surface area contributed by atoms with Crippen LogP contribution in [0.2, 0.25) is 0 Å². The fourth-order valence-electron chi connectivity index (χ4n) is 2.79. The van der Waals surface area contributed by atoms with Gasteiger partial charge in [-0.25, -0.2) is 0 Å². The number of aryl methyl sites for hydroxylation is 1. The van der Waals surface area contributed by atoms with E-state index < -0.39 is 0 Å². The number of rotatable bonds is 6. The van der Waals surface area contributed by atoms with Crippen molar-refractivity contribution in [2.24, 2.45) is 0 Å². The van der Waals surface area contributed by atoms with Crippen LogP contribution in [0.25, 0.3) is 5.57 Å². The van der Waals surface area contributed by atoms with Gasteiger partial charge in [0.2, 0.25) is 0 Å². The average Bonchev–Trinajstić information content (AvgIpc) is 2.69. The van der Waals surface area contributed by atoms with Gasteiger partial charge in [0.05, 0.1) is 0 Å². The van der Waals surface area contributed by atoms with Crippen molar-refractivity contribution >= 4 is 21.3 Å². The summed E-state index contributed by atoms with van der Waals surface area (Å²) in [5, 5.41) is 0. The molecular weight excluding hydrogens is 486 g/mol. The summed E-state index contributed by atoms with van der Waals surface area (Å²) in [6.07, 6.45) is 6.51. The Balaban J connectivity index is 2.14. The second-order valence-electron chi connectivity index (χ2n) is 5.99. The average molecular weight is 507 g/mol. The van der Waals surface area contributed by atoms with Gasteiger partial charge in [-0.1, -0.05) is 0 Å². The van der Waals surface area contributed by atoms with Gasteiger partial charge in [-0.2, -0.15) is 0 Å². The summed E-state index contributed by atoms with van der Waals surface area (Å²) in [5.41, 5.74) is 5.93. The predicted molar refractivity (Wildman–Crippen MR) is 109 cm³/mol. The first kappa shape index (κ1) is 18.3. The van der Waals surface area contributed by atoms with Crippen LogP contribution in [0.15, 0.2) is 103 Å². The SMILES string of the molecule is Cc1cccc(N(C=C(C=C[CH]=[W])c2ccccc2)c2ccccc2)c1. The van der Waals surface area contributed by atoms with E-state index in [1.165, 1.54) is 36.1 Å². The molecule has 3 aromatic carbocycles. The van der Waals surface area contributed by atoms with E-state index in [9.17, 15) is 0 Å². The van der Waals surface area contributed by atoms with Gasteiger partial charge in [-0.05, 0) is 0 Å². The van der Waals surface area contributed by atoms with Crippen LogP contribution >= 0.6 is 0 Å². The predicted octanol–water partition coefficient (Wildman–Crippen LogP) is 6.08. The van der Waals surface area contributed by atoms with E-state index in [2.05, 4.69) is 120 Å². The summed E-state index contributed by atoms with van der Waals surface area (Å²) in [6, 6.07) is 29.6. The van der Waals surface area contributed by atoms with Gasteiger partial charge >= 0.3 is 167 Å². The molecule has 0 aliphatic rings. The van der Waals surface area contributed by atoms with Gasteiger partial charge in [0, 0.05) is 0 Å². The van der Waals surface area contributed by atoms with E-state index in [0.29, 0.717) is 0 Å². The molecule has 0 spiro atoms. The molecule has 1 nitrogen and oxygen atoms in total. The number of allylic oxidation sites excluding steroid dienone is 3. The number of hydrogen-bond donors (Lipinski definition) is 0. The van der Waals surface area contributed by atoms with Crippen LogP contribution in [0.4, 0.5) is 11.4 Å². The Morgan fingerprint density at radius 3 is 2.12 bits per heavy atom. The van der Waals surface area contributed by atoms with Crippen molar-refractivity contribution in [2.45, 2.75) is 6.92 Å². The quantitative estimate of drug-likeness (QED) is 0.366. The maximum atomic E-state index is 2.25. The first-order valence-electron chi connectivity index (χ1n) is 8.58. The molecule has 0 bridgehead atoms. The van der Waals surface area contributed by atoms with Crippen LogP contribution < -0.4 is 4.90 Å². The molecule has 0 aliphatic heterocycles. The number of benzene rings is 3. The maximum absolute atomic E-state index is 2.25. The van der Waals surface area contributed by atoms with Gasteiger partial charge in [0.1, 0.15) is 0 Å². The molecule has 26 heavy (non-hydrogen) atoms. The Morgan fingerprint density at radius 2 is 1.46 bits per heavy atom. The van der Waals surface area contributed by atoms with E-state index in [0.717, 1.165) is 11.4 Å². The number of anilines is 2. The summed E-state index contributed by atoms with van der Waals surface area (Å²) in [6.45, 7) is 2.13. The fraction of sp³-hybridized carbons (Fsp3) is 0.0417. The number of para-hydroxylation sites is 1. The number of nitrogens with zero attached hydrogens (tertiary/aromatic N) is 1. The summed E-state index contributed by atoms with van der Waals surface area (Å²) in [5.74, 6) is 0. The van der Waals surface area contributed by atoms with Gasteiger partial charge in [-0.15, -0.1) is 0 Å². The third-order valence-electron chi connectivity index (χ3n) is 4.04. The second kappa shape index (κ2) is 9.27. The molecule has 0 radical (unpaired) electrons. The van der Waals surface area contributed by atoms with Gasteiger partial charge < -0.3 is 0 Å². The van der Waals surface area contributed by atoms with E-state index in [1.807, 2.05) is 0 Å². The molecule has 0 unspecified atom stereocenters. The molecule has 0 atom stereocenters. The standard InChI is InChI=1S/C24H21N.W/c1-3-11-22(21-13-6-4-7-14-21)19-25(23-15-8-5-9-16-23)24-17-10-12-20(2)18-24;/h1,3-19H,2H3;. The third kappa shape index (κ3) is 4.77. The zero-order valence-corrected chi connectivity index (χ0v) is 17.7. The summed E-state index contributed by atoms with van der Waals surface area (Å²) >= 11 is 1.45. The van der Waals surface area contributed by atoms with Crippen molar-refractivity contribution < 1.29 is 19.4 Å². The van der Waals surface area contributed by atoms with Crippen LogP contribution in [0.3, 0.4) is 0 Å². The molecule has 3 rings (SSSR count). The van der Waals surface area contributed by atoms with Crippen LogP contribution in [-0.4, -0.2) is 4.40 Å². The molecule has 0 aliphatic carbocycles. The number of hydrogen-bond acceptors (Lipinski definition) is 1. The van der Waals surface area contributed by atoms with Crippen molar-refractivity contribution in [2.75, 3.05) is 4.90 Å². The summed E-state index contributed by atoms with van der Waals surface area (Å²) < 4.78 is 2.14. The second-order valence-corrected chi connectivity index (χ2v) is 6.97. The van der Waals surface area contributed by atoms with Crippen LogP contribution in [-0.2, 0) is 19.4 Å². The fourth-order valence-corrected chi connectivity index (χ4v) is 3.07. The minimum atomic E-state index is 1.14. The Labute approximate surface area is 166 Å². The van der Waals surface area contributed by atoms with Crippen LogP contribution in [0, 0.1) is 6.92 Å². The van der Waals surface area contributed by atoms with E-state index in [-0.39, 0.29) is 0 Å². The zero-order chi connectivity index (χ0) is 18.2. The third-order valence-corrected chi connectivity index (χ3v) is 4.61. The molecule has 0 N–H and O–H groups in total. The molecule has 0 aromatic heterocycles. The molecule has 0 saturated heterocycles. The Hall–Kier alpha value is -2.50. The van der Waals surface area contributed by atoms with E-state index in [1.54, 1.807) is 0 Å². The van der Waals surface area contributed by atoms with Crippen molar-refractivity contribution in [3.05, 3.63) is 114 Å². The molecule has 0 heterocycles. The van der Waals surface area contributed by atoms with Crippen LogP contribution in [0.5, 0.6) is 0 Å². The zero-order valence-electron chi connectivity index (χ0n) is 14.7. The van der Waals surface area contributed by atoms with Gasteiger partial charge in [0.15, 0.2) is 0 Å². The molecule has 3 aromatic rings. The van der Waals surface area contributed by atoms with Crippen molar-refractivity contribution in [1.29, 1.82) is 0 Å². The van der Waals surface area contributed by atoms with Gasteiger partial charge in [0.25, 0.3) is 0 Å². The molecule has 0 fully saturated rings. The van der Waals surface area contributed by atoms with Crippen LogP contribution in [0.1, 0.15) is 11.1 Å².